The number of methoxy groups -OCH3 is 1. The summed E-state index contributed by atoms with van der Waals surface area (Å²) >= 11 is 0. The van der Waals surface area contributed by atoms with Gasteiger partial charge >= 0.3 is 7.12 Å². The predicted octanol–water partition coefficient (Wildman–Crippen LogP) is -0.220. The van der Waals surface area contributed by atoms with E-state index in [4.69, 9.17) is 19.5 Å². The van der Waals surface area contributed by atoms with Crippen molar-refractivity contribution in [2.45, 2.75) is 13.0 Å². The zero-order chi connectivity index (χ0) is 11.3. The van der Waals surface area contributed by atoms with Crippen LogP contribution in [-0.2, 0) is 4.74 Å². The van der Waals surface area contributed by atoms with E-state index < -0.39 is 7.12 Å². The first-order chi connectivity index (χ1) is 7.13. The van der Waals surface area contributed by atoms with Gasteiger partial charge in [-0.15, -0.1) is 0 Å². The minimum absolute atomic E-state index is 0.0353. The number of ether oxygens (including phenoxy) is 2. The highest BCUT2D eigenvalue weighted by Crippen LogP contribution is 2.08. The zero-order valence-corrected chi connectivity index (χ0v) is 8.88. The highest BCUT2D eigenvalue weighted by atomic mass is 16.5. The van der Waals surface area contributed by atoms with E-state index in [9.17, 15) is 0 Å². The topological polar surface area (TPSA) is 58.9 Å². The van der Waals surface area contributed by atoms with Crippen LogP contribution in [-0.4, -0.2) is 37.0 Å². The Kier molecular flexibility index (Phi) is 4.61. The molecule has 0 saturated carbocycles. The van der Waals surface area contributed by atoms with Crippen LogP contribution < -0.4 is 10.2 Å². The fourth-order valence-corrected chi connectivity index (χ4v) is 1.02. The van der Waals surface area contributed by atoms with Crippen molar-refractivity contribution in [3.8, 4) is 5.75 Å². The highest BCUT2D eigenvalue weighted by molar-refractivity contribution is 6.58. The molecule has 15 heavy (non-hydrogen) atoms. The molecule has 1 rings (SSSR count). The molecule has 0 amide bonds. The summed E-state index contributed by atoms with van der Waals surface area (Å²) in [5, 5.41) is 17.7. The van der Waals surface area contributed by atoms with Crippen molar-refractivity contribution in [1.82, 2.24) is 0 Å². The summed E-state index contributed by atoms with van der Waals surface area (Å²) in [5.74, 6) is 0.684. The summed E-state index contributed by atoms with van der Waals surface area (Å²) < 4.78 is 10.4. The van der Waals surface area contributed by atoms with Crippen LogP contribution in [0, 0.1) is 0 Å². The summed E-state index contributed by atoms with van der Waals surface area (Å²) in [7, 11) is 0.191. The van der Waals surface area contributed by atoms with E-state index in [0.29, 0.717) is 17.8 Å². The maximum atomic E-state index is 8.87. The maximum absolute atomic E-state index is 8.87. The molecule has 0 saturated heterocycles. The molecule has 82 valence electrons. The molecule has 2 N–H and O–H groups in total. The normalized spacial score (nSPS) is 12.3. The average molecular weight is 210 g/mol. The van der Waals surface area contributed by atoms with Crippen molar-refractivity contribution in [1.29, 1.82) is 0 Å². The zero-order valence-electron chi connectivity index (χ0n) is 8.88. The van der Waals surface area contributed by atoms with Gasteiger partial charge in [-0.05, 0) is 24.5 Å². The van der Waals surface area contributed by atoms with Crippen LogP contribution in [0.15, 0.2) is 24.3 Å². The lowest BCUT2D eigenvalue weighted by Gasteiger charge is -2.11. The van der Waals surface area contributed by atoms with Gasteiger partial charge in [0.25, 0.3) is 0 Å². The summed E-state index contributed by atoms with van der Waals surface area (Å²) in [6.07, 6.45) is 0.0353. The minimum Gasteiger partial charge on any atom is -0.491 e. The van der Waals surface area contributed by atoms with Gasteiger partial charge in [0, 0.05) is 7.11 Å². The fourth-order valence-electron chi connectivity index (χ4n) is 1.02. The van der Waals surface area contributed by atoms with Gasteiger partial charge in [0.05, 0.1) is 6.10 Å². The standard InChI is InChI=1S/C10H15BO4/c1-8(14-2)7-15-10-5-3-9(4-6-10)11(12)13/h3-6,8,12-13H,7H2,1-2H3. The van der Waals surface area contributed by atoms with Gasteiger partial charge in [-0.3, -0.25) is 0 Å². The Bertz CT molecular complexity index is 286. The van der Waals surface area contributed by atoms with Crippen LogP contribution >= 0.6 is 0 Å². The van der Waals surface area contributed by atoms with Gasteiger partial charge in [-0.2, -0.15) is 0 Å². The minimum atomic E-state index is -1.43. The van der Waals surface area contributed by atoms with E-state index in [1.807, 2.05) is 6.92 Å². The van der Waals surface area contributed by atoms with Crippen molar-refractivity contribution in [2.24, 2.45) is 0 Å². The lowest BCUT2D eigenvalue weighted by atomic mass is 9.80. The van der Waals surface area contributed by atoms with Gasteiger partial charge in [-0.1, -0.05) is 12.1 Å². The van der Waals surface area contributed by atoms with Gasteiger partial charge in [0.15, 0.2) is 0 Å². The van der Waals surface area contributed by atoms with Gasteiger partial charge in [0.2, 0.25) is 0 Å². The number of hydrogen-bond acceptors (Lipinski definition) is 4. The van der Waals surface area contributed by atoms with E-state index in [0.717, 1.165) is 0 Å². The molecule has 1 unspecified atom stereocenters. The number of rotatable bonds is 5. The molecule has 1 atom stereocenters. The Morgan fingerprint density at radius 1 is 1.27 bits per heavy atom. The van der Waals surface area contributed by atoms with Crippen LogP contribution in [0.2, 0.25) is 0 Å². The molecule has 0 aliphatic carbocycles. The summed E-state index contributed by atoms with van der Waals surface area (Å²) in [6.45, 7) is 2.38. The quantitative estimate of drug-likeness (QED) is 0.659. The first-order valence-electron chi connectivity index (χ1n) is 4.75. The fraction of sp³-hybridized carbons (Fsp3) is 0.400. The van der Waals surface area contributed by atoms with Crippen LogP contribution in [0.4, 0.5) is 0 Å². The van der Waals surface area contributed by atoms with Crippen molar-refractivity contribution in [3.63, 3.8) is 0 Å². The van der Waals surface area contributed by atoms with Gasteiger partial charge < -0.3 is 19.5 Å². The van der Waals surface area contributed by atoms with Gasteiger partial charge in [0.1, 0.15) is 12.4 Å². The van der Waals surface area contributed by atoms with Crippen LogP contribution in [0.1, 0.15) is 6.92 Å². The molecule has 0 bridgehead atoms. The molecule has 0 heterocycles. The lowest BCUT2D eigenvalue weighted by Crippen LogP contribution is -2.29. The second kappa shape index (κ2) is 5.75. The average Bonchev–Trinajstić information content (AvgIpc) is 2.26. The van der Waals surface area contributed by atoms with Gasteiger partial charge in [-0.25, -0.2) is 0 Å². The molecular formula is C10H15BO4. The molecular weight excluding hydrogens is 195 g/mol. The highest BCUT2D eigenvalue weighted by Gasteiger charge is 2.10. The second-order valence-electron chi connectivity index (χ2n) is 3.30. The Labute approximate surface area is 89.6 Å². The van der Waals surface area contributed by atoms with Crippen LogP contribution in [0.25, 0.3) is 0 Å². The first-order valence-corrected chi connectivity index (χ1v) is 4.75. The third-order valence-corrected chi connectivity index (χ3v) is 2.07. The van der Waals surface area contributed by atoms with E-state index in [-0.39, 0.29) is 6.10 Å². The molecule has 0 aliphatic heterocycles. The first kappa shape index (κ1) is 12.0. The second-order valence-corrected chi connectivity index (χ2v) is 3.30. The Balaban J connectivity index is 2.50. The van der Waals surface area contributed by atoms with E-state index in [1.54, 1.807) is 31.4 Å². The number of hydrogen-bond donors (Lipinski definition) is 2. The molecule has 1 aromatic rings. The largest absolute Gasteiger partial charge is 0.491 e. The molecule has 0 aromatic heterocycles. The third-order valence-electron chi connectivity index (χ3n) is 2.07. The predicted molar refractivity (Wildman–Crippen MR) is 58.2 cm³/mol. The molecule has 0 fully saturated rings. The molecule has 0 aliphatic rings. The molecule has 5 heteroatoms. The Morgan fingerprint density at radius 3 is 2.33 bits per heavy atom. The van der Waals surface area contributed by atoms with E-state index >= 15 is 0 Å². The van der Waals surface area contributed by atoms with Crippen LogP contribution in [0.3, 0.4) is 0 Å². The molecule has 0 radical (unpaired) electrons. The van der Waals surface area contributed by atoms with E-state index in [2.05, 4.69) is 0 Å². The maximum Gasteiger partial charge on any atom is 0.488 e. The summed E-state index contributed by atoms with van der Waals surface area (Å²) in [6, 6.07) is 6.60. The molecule has 1 aromatic carbocycles. The van der Waals surface area contributed by atoms with E-state index in [1.165, 1.54) is 0 Å². The van der Waals surface area contributed by atoms with Crippen molar-refractivity contribution < 1.29 is 19.5 Å². The molecule has 4 nitrogen and oxygen atoms in total. The number of benzene rings is 1. The van der Waals surface area contributed by atoms with Crippen molar-refractivity contribution in [2.75, 3.05) is 13.7 Å². The van der Waals surface area contributed by atoms with Crippen molar-refractivity contribution >= 4 is 12.6 Å². The summed E-state index contributed by atoms with van der Waals surface area (Å²) in [5.41, 5.74) is 0.446. The van der Waals surface area contributed by atoms with Crippen LogP contribution in [0.5, 0.6) is 5.75 Å². The smallest absolute Gasteiger partial charge is 0.488 e. The Morgan fingerprint density at radius 2 is 1.87 bits per heavy atom. The van der Waals surface area contributed by atoms with Crippen molar-refractivity contribution in [3.05, 3.63) is 24.3 Å². The Hall–Kier alpha value is -1.04. The SMILES string of the molecule is COC(C)COc1ccc(B(O)O)cc1. The third kappa shape index (κ3) is 3.91. The molecule has 0 spiro atoms. The summed E-state index contributed by atoms with van der Waals surface area (Å²) in [4.78, 5) is 0. The monoisotopic (exact) mass is 210 g/mol. The lowest BCUT2D eigenvalue weighted by molar-refractivity contribution is 0.0717.